The molecule has 5 nitrogen and oxygen atoms in total. The van der Waals surface area contributed by atoms with Gasteiger partial charge in [0.05, 0.1) is 15.9 Å². The van der Waals surface area contributed by atoms with Crippen molar-refractivity contribution >= 4 is 56.5 Å². The number of carbonyl (C=O) groups is 2. The Bertz CT molecular complexity index is 1260. The average molecular weight is 559 g/mol. The highest BCUT2D eigenvalue weighted by Gasteiger charge is 2.34. The van der Waals surface area contributed by atoms with E-state index >= 15 is 0 Å². The number of hydrogen-bond acceptors (Lipinski definition) is 5. The minimum Gasteiger partial charge on any atom is -0.492 e. The van der Waals surface area contributed by atoms with Crippen LogP contribution in [0.1, 0.15) is 16.7 Å². The summed E-state index contributed by atoms with van der Waals surface area (Å²) in [4.78, 5) is 26.7. The minimum absolute atomic E-state index is 0.189. The fraction of sp³-hybridized carbons (Fsp3) is 0.154. The summed E-state index contributed by atoms with van der Waals surface area (Å²) in [6, 6.07) is 20.6. The first-order valence-electron chi connectivity index (χ1n) is 10.5. The number of nitrogens with zero attached hydrogens (tertiary/aromatic N) is 1. The van der Waals surface area contributed by atoms with Gasteiger partial charge in [-0.25, -0.2) is 0 Å². The Labute approximate surface area is 215 Å². The molecule has 0 unspecified atom stereocenters. The number of amides is 2. The lowest BCUT2D eigenvalue weighted by molar-refractivity contribution is -0.123. The van der Waals surface area contributed by atoms with Crippen LogP contribution in [0.3, 0.4) is 0 Å². The number of aryl methyl sites for hydroxylation is 1. The van der Waals surface area contributed by atoms with Gasteiger partial charge in [-0.1, -0.05) is 48.0 Å². The third kappa shape index (κ3) is 6.03. The summed E-state index contributed by atoms with van der Waals surface area (Å²) >= 11 is 10.6. The summed E-state index contributed by atoms with van der Waals surface area (Å²) in [5.41, 5.74) is 2.75. The van der Waals surface area contributed by atoms with Crippen LogP contribution in [0, 0.1) is 6.92 Å². The molecule has 0 aromatic heterocycles. The zero-order valence-electron chi connectivity index (χ0n) is 18.3. The summed E-state index contributed by atoms with van der Waals surface area (Å²) in [7, 11) is 0. The zero-order valence-corrected chi connectivity index (χ0v) is 21.5. The normalized spacial score (nSPS) is 14.7. The number of thioether (sulfide) groups is 1. The van der Waals surface area contributed by atoms with Gasteiger partial charge in [-0.3, -0.25) is 14.5 Å². The van der Waals surface area contributed by atoms with Crippen LogP contribution in [0.25, 0.3) is 6.08 Å². The highest BCUT2D eigenvalue weighted by molar-refractivity contribution is 9.10. The molecule has 0 saturated carbocycles. The fourth-order valence-electron chi connectivity index (χ4n) is 3.30. The Morgan fingerprint density at radius 2 is 1.85 bits per heavy atom. The Hall–Kier alpha value is -2.74. The lowest BCUT2D eigenvalue weighted by atomic mass is 10.2. The van der Waals surface area contributed by atoms with Gasteiger partial charge in [0.2, 0.25) is 0 Å². The summed E-state index contributed by atoms with van der Waals surface area (Å²) in [5, 5.41) is 0.345. The molecule has 0 N–H and O–H groups in total. The van der Waals surface area contributed by atoms with E-state index in [0.717, 1.165) is 32.9 Å². The largest absolute Gasteiger partial charge is 0.492 e. The van der Waals surface area contributed by atoms with Crippen molar-refractivity contribution in [2.45, 2.75) is 13.5 Å². The maximum absolute atomic E-state index is 12.8. The monoisotopic (exact) mass is 557 g/mol. The van der Waals surface area contributed by atoms with Crippen molar-refractivity contribution < 1.29 is 19.1 Å². The minimum atomic E-state index is -0.321. The first-order chi connectivity index (χ1) is 16.4. The maximum Gasteiger partial charge on any atom is 0.293 e. The van der Waals surface area contributed by atoms with Gasteiger partial charge in [-0.2, -0.15) is 0 Å². The van der Waals surface area contributed by atoms with E-state index in [4.69, 9.17) is 21.1 Å². The van der Waals surface area contributed by atoms with Gasteiger partial charge in [-0.15, -0.1) is 0 Å². The predicted octanol–water partition coefficient (Wildman–Crippen LogP) is 7.11. The molecule has 4 rings (SSSR count). The SMILES string of the molecule is Cc1cccc(OCCN2C(=O)S/C(=C\c3ccc(OCc4ccccc4Cl)c(Br)c3)C2=O)c1. The molecule has 1 fully saturated rings. The van der Waals surface area contributed by atoms with E-state index in [1.54, 1.807) is 6.08 Å². The van der Waals surface area contributed by atoms with Crippen molar-refractivity contribution in [3.63, 3.8) is 0 Å². The first kappa shape index (κ1) is 24.4. The second kappa shape index (κ2) is 11.1. The van der Waals surface area contributed by atoms with E-state index in [1.807, 2.05) is 73.7 Å². The van der Waals surface area contributed by atoms with Crippen LogP contribution >= 0.6 is 39.3 Å². The molecule has 3 aromatic carbocycles. The predicted molar refractivity (Wildman–Crippen MR) is 139 cm³/mol. The Kier molecular flexibility index (Phi) is 7.98. The van der Waals surface area contributed by atoms with Crippen LogP contribution in [0.5, 0.6) is 11.5 Å². The fourth-order valence-corrected chi connectivity index (χ4v) is 4.87. The van der Waals surface area contributed by atoms with E-state index < -0.39 is 0 Å². The highest BCUT2D eigenvalue weighted by Crippen LogP contribution is 2.34. The van der Waals surface area contributed by atoms with Crippen molar-refractivity contribution in [3.05, 3.63) is 97.8 Å². The lowest BCUT2D eigenvalue weighted by Crippen LogP contribution is -2.32. The van der Waals surface area contributed by atoms with E-state index in [2.05, 4.69) is 15.9 Å². The smallest absolute Gasteiger partial charge is 0.293 e. The summed E-state index contributed by atoms with van der Waals surface area (Å²) in [5.74, 6) is 1.04. The number of carbonyl (C=O) groups excluding carboxylic acids is 2. The molecule has 2 amide bonds. The maximum atomic E-state index is 12.8. The van der Waals surface area contributed by atoms with Gasteiger partial charge in [0, 0.05) is 10.6 Å². The number of ether oxygens (including phenoxy) is 2. The second-order valence-corrected chi connectivity index (χ2v) is 9.82. The molecule has 3 aromatic rings. The second-order valence-electron chi connectivity index (χ2n) is 7.57. The number of halogens is 2. The molecule has 0 aliphatic carbocycles. The molecule has 1 saturated heterocycles. The van der Waals surface area contributed by atoms with Gasteiger partial charge in [0.1, 0.15) is 24.7 Å². The highest BCUT2D eigenvalue weighted by atomic mass is 79.9. The number of hydrogen-bond donors (Lipinski definition) is 0. The van der Waals surface area contributed by atoms with Crippen LogP contribution in [-0.2, 0) is 11.4 Å². The molecule has 1 heterocycles. The van der Waals surface area contributed by atoms with E-state index in [-0.39, 0.29) is 24.3 Å². The zero-order chi connectivity index (χ0) is 24.1. The van der Waals surface area contributed by atoms with Crippen LogP contribution in [0.15, 0.2) is 76.1 Å². The van der Waals surface area contributed by atoms with Crippen LogP contribution in [0.4, 0.5) is 4.79 Å². The Morgan fingerprint density at radius 1 is 1.03 bits per heavy atom. The number of imide groups is 1. The molecule has 0 spiro atoms. The quantitative estimate of drug-likeness (QED) is 0.276. The molecule has 1 aliphatic rings. The Morgan fingerprint density at radius 3 is 2.62 bits per heavy atom. The molecule has 34 heavy (non-hydrogen) atoms. The van der Waals surface area contributed by atoms with Crippen molar-refractivity contribution in [3.8, 4) is 11.5 Å². The summed E-state index contributed by atoms with van der Waals surface area (Å²) < 4.78 is 12.3. The van der Waals surface area contributed by atoms with Gasteiger partial charge in [0.25, 0.3) is 11.1 Å². The molecule has 0 atom stereocenters. The van der Waals surface area contributed by atoms with Crippen LogP contribution in [-0.4, -0.2) is 29.2 Å². The summed E-state index contributed by atoms with van der Waals surface area (Å²) in [6.45, 7) is 2.73. The molecule has 174 valence electrons. The topological polar surface area (TPSA) is 55.8 Å². The van der Waals surface area contributed by atoms with Crippen molar-refractivity contribution in [2.24, 2.45) is 0 Å². The molecule has 1 aliphatic heterocycles. The molecular formula is C26H21BrClNO4S. The van der Waals surface area contributed by atoms with Gasteiger partial charge < -0.3 is 9.47 Å². The lowest BCUT2D eigenvalue weighted by Gasteiger charge is -2.13. The molecule has 0 bridgehead atoms. The summed E-state index contributed by atoms with van der Waals surface area (Å²) in [6.07, 6.45) is 1.70. The van der Waals surface area contributed by atoms with Crippen LogP contribution < -0.4 is 9.47 Å². The average Bonchev–Trinajstić information content (AvgIpc) is 3.07. The first-order valence-corrected chi connectivity index (χ1v) is 12.5. The molecule has 8 heteroatoms. The van der Waals surface area contributed by atoms with E-state index in [0.29, 0.717) is 28.0 Å². The Balaban J connectivity index is 1.37. The van der Waals surface area contributed by atoms with Crippen molar-refractivity contribution in [2.75, 3.05) is 13.2 Å². The van der Waals surface area contributed by atoms with Gasteiger partial charge >= 0.3 is 0 Å². The van der Waals surface area contributed by atoms with E-state index in [1.165, 1.54) is 4.90 Å². The van der Waals surface area contributed by atoms with E-state index in [9.17, 15) is 9.59 Å². The van der Waals surface area contributed by atoms with Gasteiger partial charge in [0.15, 0.2) is 0 Å². The third-order valence-electron chi connectivity index (χ3n) is 5.04. The number of rotatable bonds is 8. The molecular weight excluding hydrogens is 538 g/mol. The number of benzene rings is 3. The van der Waals surface area contributed by atoms with Crippen molar-refractivity contribution in [1.29, 1.82) is 0 Å². The third-order valence-corrected chi connectivity index (χ3v) is 6.94. The molecule has 0 radical (unpaired) electrons. The standard InChI is InChI=1S/C26H21BrClNO4S/c1-17-5-4-7-20(13-17)32-12-11-29-25(30)24(34-26(29)31)15-18-9-10-23(21(27)14-18)33-16-19-6-2-3-8-22(19)28/h2-10,13-15H,11-12,16H2,1H3/b24-15-. The van der Waals surface area contributed by atoms with Crippen molar-refractivity contribution in [1.82, 2.24) is 4.90 Å². The van der Waals surface area contributed by atoms with Gasteiger partial charge in [-0.05, 0) is 82.2 Å². The van der Waals surface area contributed by atoms with Crippen LogP contribution in [0.2, 0.25) is 5.02 Å².